The van der Waals surface area contributed by atoms with Gasteiger partial charge in [0.05, 0.1) is 5.56 Å². The van der Waals surface area contributed by atoms with Crippen LogP contribution in [0.2, 0.25) is 0 Å². The van der Waals surface area contributed by atoms with Crippen LogP contribution in [0.3, 0.4) is 0 Å². The van der Waals surface area contributed by atoms with E-state index in [1.807, 2.05) is 5.38 Å². The number of nitrogens with zero attached hydrogens (tertiary/aromatic N) is 1. The van der Waals surface area contributed by atoms with E-state index in [0.29, 0.717) is 29.8 Å². The number of carbonyl (C=O) groups excluding carboxylic acids is 2. The van der Waals surface area contributed by atoms with Crippen molar-refractivity contribution in [2.24, 2.45) is 0 Å². The van der Waals surface area contributed by atoms with Crippen LogP contribution in [0.5, 0.6) is 0 Å². The summed E-state index contributed by atoms with van der Waals surface area (Å²) in [6.07, 6.45) is 2.07. The van der Waals surface area contributed by atoms with Gasteiger partial charge in [-0.3, -0.25) is 9.59 Å². The number of benzene rings is 1. The Morgan fingerprint density at radius 2 is 2.00 bits per heavy atom. The first kappa shape index (κ1) is 17.2. The quantitative estimate of drug-likeness (QED) is 0.879. The minimum Gasteiger partial charge on any atom is -0.480 e. The Labute approximate surface area is 149 Å². The third-order valence-corrected chi connectivity index (χ3v) is 4.88. The molecule has 1 saturated heterocycles. The highest BCUT2D eigenvalue weighted by Crippen LogP contribution is 2.21. The molecule has 0 bridgehead atoms. The number of thiophene rings is 1. The van der Waals surface area contributed by atoms with Crippen LogP contribution >= 0.6 is 11.3 Å². The lowest BCUT2D eigenvalue weighted by Gasteiger charge is -2.33. The molecular formula is C18H18N2O4S. The summed E-state index contributed by atoms with van der Waals surface area (Å²) in [6, 6.07) is 7.53. The third kappa shape index (κ3) is 3.88. The highest BCUT2D eigenvalue weighted by Gasteiger charge is 2.32. The molecule has 0 aliphatic carbocycles. The summed E-state index contributed by atoms with van der Waals surface area (Å²) < 4.78 is 0. The third-order valence-electron chi connectivity index (χ3n) is 4.20. The summed E-state index contributed by atoms with van der Waals surface area (Å²) in [5.74, 6) is -1.54. The largest absolute Gasteiger partial charge is 0.480 e. The summed E-state index contributed by atoms with van der Waals surface area (Å²) in [6.45, 7) is 0.432. The van der Waals surface area contributed by atoms with Gasteiger partial charge < -0.3 is 15.3 Å². The van der Waals surface area contributed by atoms with E-state index in [-0.39, 0.29) is 11.8 Å². The fourth-order valence-corrected chi connectivity index (χ4v) is 3.56. The van der Waals surface area contributed by atoms with E-state index in [2.05, 4.69) is 5.32 Å². The molecule has 0 radical (unpaired) electrons. The monoisotopic (exact) mass is 358 g/mol. The Morgan fingerprint density at radius 1 is 1.16 bits per heavy atom. The van der Waals surface area contributed by atoms with E-state index in [4.69, 9.17) is 0 Å². The molecule has 130 valence electrons. The molecule has 1 aliphatic heterocycles. The molecule has 1 atom stereocenters. The molecule has 2 aromatic rings. The minimum absolute atomic E-state index is 0.243. The summed E-state index contributed by atoms with van der Waals surface area (Å²) >= 11 is 1.43. The van der Waals surface area contributed by atoms with Crippen molar-refractivity contribution in [1.29, 1.82) is 0 Å². The Balaban J connectivity index is 1.77. The van der Waals surface area contributed by atoms with Crippen LogP contribution in [0.4, 0.5) is 5.69 Å². The Morgan fingerprint density at radius 3 is 2.72 bits per heavy atom. The van der Waals surface area contributed by atoms with Crippen molar-refractivity contribution in [3.63, 3.8) is 0 Å². The Bertz CT molecular complexity index is 788. The fraction of sp³-hybridized carbons (Fsp3) is 0.278. The van der Waals surface area contributed by atoms with E-state index in [9.17, 15) is 19.5 Å². The molecule has 1 aromatic heterocycles. The van der Waals surface area contributed by atoms with Crippen molar-refractivity contribution < 1.29 is 19.5 Å². The van der Waals surface area contributed by atoms with Crippen molar-refractivity contribution in [2.75, 3.05) is 11.9 Å². The van der Waals surface area contributed by atoms with Crippen LogP contribution in [0, 0.1) is 0 Å². The summed E-state index contributed by atoms with van der Waals surface area (Å²) in [5, 5.41) is 15.7. The van der Waals surface area contributed by atoms with Gasteiger partial charge in [-0.15, -0.1) is 0 Å². The lowest BCUT2D eigenvalue weighted by Crippen LogP contribution is -2.48. The van der Waals surface area contributed by atoms with Crippen molar-refractivity contribution >= 4 is 34.8 Å². The van der Waals surface area contributed by atoms with Crippen LogP contribution in [0.15, 0.2) is 41.1 Å². The van der Waals surface area contributed by atoms with E-state index >= 15 is 0 Å². The normalized spacial score (nSPS) is 17.1. The number of nitrogens with one attached hydrogen (secondary N) is 1. The summed E-state index contributed by atoms with van der Waals surface area (Å²) in [4.78, 5) is 37.7. The molecule has 0 saturated carbocycles. The molecule has 25 heavy (non-hydrogen) atoms. The summed E-state index contributed by atoms with van der Waals surface area (Å²) in [7, 11) is 0. The van der Waals surface area contributed by atoms with Crippen LogP contribution < -0.4 is 5.32 Å². The number of hydrogen-bond donors (Lipinski definition) is 2. The van der Waals surface area contributed by atoms with Gasteiger partial charge >= 0.3 is 5.97 Å². The molecule has 1 unspecified atom stereocenters. The zero-order chi connectivity index (χ0) is 17.8. The predicted octanol–water partition coefficient (Wildman–Crippen LogP) is 3.08. The SMILES string of the molecule is O=C(Nc1cccc(C(=O)N2CCCCC2C(=O)O)c1)c1ccsc1. The van der Waals surface area contributed by atoms with Gasteiger partial charge in [0.25, 0.3) is 11.8 Å². The number of hydrogen-bond acceptors (Lipinski definition) is 4. The molecule has 1 aromatic carbocycles. The number of aliphatic carboxylic acids is 1. The minimum atomic E-state index is -0.977. The average molecular weight is 358 g/mol. The number of carboxylic acids is 1. The van der Waals surface area contributed by atoms with E-state index in [1.165, 1.54) is 16.2 Å². The van der Waals surface area contributed by atoms with Crippen LogP contribution in [0.25, 0.3) is 0 Å². The smallest absolute Gasteiger partial charge is 0.326 e. The average Bonchev–Trinajstić information content (AvgIpc) is 3.16. The highest BCUT2D eigenvalue weighted by atomic mass is 32.1. The lowest BCUT2D eigenvalue weighted by molar-refractivity contribution is -0.143. The van der Waals surface area contributed by atoms with E-state index in [1.54, 1.807) is 35.7 Å². The maximum absolute atomic E-state index is 12.7. The van der Waals surface area contributed by atoms with Gasteiger partial charge in [-0.2, -0.15) is 11.3 Å². The van der Waals surface area contributed by atoms with Crippen molar-refractivity contribution in [2.45, 2.75) is 25.3 Å². The first-order chi connectivity index (χ1) is 12.1. The molecule has 3 rings (SSSR count). The van der Waals surface area contributed by atoms with Crippen molar-refractivity contribution in [3.05, 3.63) is 52.2 Å². The molecule has 7 heteroatoms. The van der Waals surface area contributed by atoms with Gasteiger partial charge in [0.1, 0.15) is 6.04 Å². The number of amides is 2. The standard InChI is InChI=1S/C18H18N2O4S/c21-16(13-7-9-25-11-13)19-14-5-3-4-12(10-14)17(22)20-8-2-1-6-15(20)18(23)24/h3-5,7,9-11,15H,1-2,6,8H2,(H,19,21)(H,23,24). The second kappa shape index (κ2) is 7.48. The van der Waals surface area contributed by atoms with Crippen molar-refractivity contribution in [1.82, 2.24) is 4.90 Å². The molecule has 2 amide bonds. The lowest BCUT2D eigenvalue weighted by atomic mass is 10.0. The molecule has 1 fully saturated rings. The van der Waals surface area contributed by atoms with Crippen LogP contribution in [-0.2, 0) is 4.79 Å². The maximum atomic E-state index is 12.7. The van der Waals surface area contributed by atoms with E-state index in [0.717, 1.165) is 12.8 Å². The number of carbonyl (C=O) groups is 3. The van der Waals surface area contributed by atoms with Crippen molar-refractivity contribution in [3.8, 4) is 0 Å². The first-order valence-corrected chi connectivity index (χ1v) is 8.98. The number of likely N-dealkylation sites (tertiary alicyclic amines) is 1. The number of carboxylic acid groups (broad SMARTS) is 1. The zero-order valence-corrected chi connectivity index (χ0v) is 14.3. The van der Waals surface area contributed by atoms with Crippen LogP contribution in [0.1, 0.15) is 40.0 Å². The topological polar surface area (TPSA) is 86.7 Å². The van der Waals surface area contributed by atoms with Gasteiger partial charge in [0, 0.05) is 23.2 Å². The summed E-state index contributed by atoms with van der Waals surface area (Å²) in [5.41, 5.74) is 1.44. The number of piperidine rings is 1. The number of rotatable bonds is 4. The second-order valence-corrected chi connectivity index (χ2v) is 6.68. The van der Waals surface area contributed by atoms with Crippen LogP contribution in [-0.4, -0.2) is 40.4 Å². The molecular weight excluding hydrogens is 340 g/mol. The number of anilines is 1. The van der Waals surface area contributed by atoms with Gasteiger partial charge in [-0.05, 0) is 48.9 Å². The first-order valence-electron chi connectivity index (χ1n) is 8.03. The maximum Gasteiger partial charge on any atom is 0.326 e. The van der Waals surface area contributed by atoms with Gasteiger partial charge in [-0.1, -0.05) is 6.07 Å². The zero-order valence-electron chi connectivity index (χ0n) is 13.5. The van der Waals surface area contributed by atoms with Gasteiger partial charge in [-0.25, -0.2) is 4.79 Å². The van der Waals surface area contributed by atoms with Gasteiger partial charge in [0.2, 0.25) is 0 Å². The second-order valence-electron chi connectivity index (χ2n) is 5.90. The highest BCUT2D eigenvalue weighted by molar-refractivity contribution is 7.08. The van der Waals surface area contributed by atoms with Gasteiger partial charge in [0.15, 0.2) is 0 Å². The molecule has 2 N–H and O–H groups in total. The van der Waals surface area contributed by atoms with E-state index < -0.39 is 12.0 Å². The fourth-order valence-electron chi connectivity index (χ4n) is 2.92. The molecule has 1 aliphatic rings. The Kier molecular flexibility index (Phi) is 5.14. The Hall–Kier alpha value is -2.67. The molecule has 2 heterocycles. The molecule has 6 nitrogen and oxygen atoms in total. The molecule has 0 spiro atoms. The predicted molar refractivity (Wildman–Crippen MR) is 95.0 cm³/mol.